The smallest absolute Gasteiger partial charge is 0.406 e. The number of pyridine rings is 1. The van der Waals surface area contributed by atoms with Crippen LogP contribution in [0.4, 0.5) is 13.2 Å². The Morgan fingerprint density at radius 1 is 1.03 bits per heavy atom. The second kappa shape index (κ2) is 10.8. The third-order valence-electron chi connectivity index (χ3n) is 6.40. The SMILES string of the molecule is O=S1CCN(CCCc2cn(-c3cccc(Cl)c3)c3nc(-c4ccc(OC(F)(F)F)cc4)ccc23)CC1. The van der Waals surface area contributed by atoms with Gasteiger partial charge in [0.2, 0.25) is 0 Å². The number of alkyl halides is 3. The minimum Gasteiger partial charge on any atom is -0.406 e. The predicted octanol–water partition coefficient (Wildman–Crippen LogP) is 6.24. The molecule has 1 aliphatic heterocycles. The molecule has 0 spiro atoms. The van der Waals surface area contributed by atoms with Crippen molar-refractivity contribution in [3.05, 3.63) is 77.4 Å². The number of fused-ring (bicyclic) bond motifs is 1. The van der Waals surface area contributed by atoms with Crippen molar-refractivity contribution in [2.24, 2.45) is 0 Å². The molecule has 5 rings (SSSR count). The van der Waals surface area contributed by atoms with E-state index < -0.39 is 17.2 Å². The van der Waals surface area contributed by atoms with Crippen LogP contribution in [0.3, 0.4) is 0 Å². The quantitative estimate of drug-likeness (QED) is 0.275. The molecule has 0 N–H and O–H groups in total. The van der Waals surface area contributed by atoms with Crippen LogP contribution in [-0.2, 0) is 17.2 Å². The highest BCUT2D eigenvalue weighted by molar-refractivity contribution is 7.85. The molecule has 3 heterocycles. The molecule has 4 aromatic rings. The average Bonchev–Trinajstić information content (AvgIpc) is 3.23. The Morgan fingerprint density at radius 2 is 1.78 bits per heavy atom. The molecular formula is C27H25ClF3N3O2S. The minimum atomic E-state index is -4.74. The molecule has 0 atom stereocenters. The van der Waals surface area contributed by atoms with Gasteiger partial charge in [-0.1, -0.05) is 17.7 Å². The molecule has 10 heteroatoms. The van der Waals surface area contributed by atoms with E-state index >= 15 is 0 Å². The highest BCUT2D eigenvalue weighted by Gasteiger charge is 2.31. The van der Waals surface area contributed by atoms with Crippen molar-refractivity contribution in [2.75, 3.05) is 31.1 Å². The molecule has 5 nitrogen and oxygen atoms in total. The second-order valence-corrected chi connectivity index (χ2v) is 11.1. The molecule has 0 aliphatic carbocycles. The van der Waals surface area contributed by atoms with Crippen molar-refractivity contribution in [3.8, 4) is 22.7 Å². The molecule has 1 fully saturated rings. The van der Waals surface area contributed by atoms with Gasteiger partial charge in [0, 0.05) is 63.3 Å². The number of aromatic nitrogens is 2. The van der Waals surface area contributed by atoms with E-state index in [1.807, 2.05) is 41.0 Å². The van der Waals surface area contributed by atoms with Crippen LogP contribution in [0.5, 0.6) is 5.75 Å². The Balaban J connectivity index is 1.44. The third-order valence-corrected chi connectivity index (χ3v) is 7.91. The summed E-state index contributed by atoms with van der Waals surface area (Å²) < 4.78 is 55.2. The second-order valence-electron chi connectivity index (χ2n) is 8.94. The summed E-state index contributed by atoms with van der Waals surface area (Å²) in [5.41, 5.74) is 4.10. The molecule has 37 heavy (non-hydrogen) atoms. The molecule has 2 aromatic heterocycles. The van der Waals surface area contributed by atoms with Crippen LogP contribution in [0.2, 0.25) is 5.02 Å². The summed E-state index contributed by atoms with van der Waals surface area (Å²) in [6, 6.07) is 17.1. The Bertz CT molecular complexity index is 1410. The van der Waals surface area contributed by atoms with E-state index in [1.54, 1.807) is 12.1 Å². The summed E-state index contributed by atoms with van der Waals surface area (Å²) >= 11 is 6.27. The zero-order valence-corrected chi connectivity index (χ0v) is 21.5. The van der Waals surface area contributed by atoms with Crippen molar-refractivity contribution in [1.29, 1.82) is 0 Å². The first kappa shape index (κ1) is 25.8. The van der Waals surface area contributed by atoms with E-state index in [2.05, 4.69) is 15.8 Å². The van der Waals surface area contributed by atoms with Crippen LogP contribution in [-0.4, -0.2) is 56.2 Å². The molecule has 2 aromatic carbocycles. The molecule has 194 valence electrons. The van der Waals surface area contributed by atoms with Gasteiger partial charge >= 0.3 is 6.36 Å². The Hall–Kier alpha value is -2.88. The van der Waals surface area contributed by atoms with Crippen molar-refractivity contribution in [1.82, 2.24) is 14.5 Å². The fraction of sp³-hybridized carbons (Fsp3) is 0.296. The standard InChI is InChI=1S/C27H25ClF3N3O2S/c28-21-4-1-5-22(17-21)34-18-20(3-2-12-33-13-15-37(35)16-14-33)24-10-11-25(32-26(24)34)19-6-8-23(9-7-19)36-27(29,30)31/h1,4-11,17-18H,2-3,12-16H2. The Labute approximate surface area is 220 Å². The van der Waals surface area contributed by atoms with E-state index in [4.69, 9.17) is 16.6 Å². The Kier molecular flexibility index (Phi) is 7.55. The van der Waals surface area contributed by atoms with E-state index in [0.717, 1.165) is 66.3 Å². The summed E-state index contributed by atoms with van der Waals surface area (Å²) in [4.78, 5) is 7.26. The van der Waals surface area contributed by atoms with Gasteiger partial charge in [-0.3, -0.25) is 4.21 Å². The van der Waals surface area contributed by atoms with Gasteiger partial charge in [0.05, 0.1) is 5.69 Å². The largest absolute Gasteiger partial charge is 0.573 e. The number of hydrogen-bond donors (Lipinski definition) is 0. The van der Waals surface area contributed by atoms with E-state index in [-0.39, 0.29) is 5.75 Å². The van der Waals surface area contributed by atoms with Gasteiger partial charge in [-0.25, -0.2) is 4.98 Å². The van der Waals surface area contributed by atoms with Gasteiger partial charge in [-0.15, -0.1) is 13.2 Å². The third kappa shape index (κ3) is 6.34. The molecule has 0 radical (unpaired) electrons. The van der Waals surface area contributed by atoms with Crippen molar-refractivity contribution in [2.45, 2.75) is 19.2 Å². The molecule has 0 unspecified atom stereocenters. The first-order valence-electron chi connectivity index (χ1n) is 12.0. The van der Waals surface area contributed by atoms with Crippen LogP contribution in [0, 0.1) is 0 Å². The van der Waals surface area contributed by atoms with Crippen molar-refractivity contribution in [3.63, 3.8) is 0 Å². The fourth-order valence-electron chi connectivity index (χ4n) is 4.57. The zero-order chi connectivity index (χ0) is 26.0. The first-order chi connectivity index (χ1) is 17.7. The van der Waals surface area contributed by atoms with Crippen LogP contribution >= 0.6 is 11.6 Å². The molecular weight excluding hydrogens is 523 g/mol. The lowest BCUT2D eigenvalue weighted by atomic mass is 10.1. The van der Waals surface area contributed by atoms with Gasteiger partial charge in [0.15, 0.2) is 0 Å². The van der Waals surface area contributed by atoms with Gasteiger partial charge in [0.25, 0.3) is 0 Å². The number of hydrogen-bond acceptors (Lipinski definition) is 4. The summed E-state index contributed by atoms with van der Waals surface area (Å²) in [6.07, 6.45) is -0.837. The number of halogens is 4. The number of aryl methyl sites for hydroxylation is 1. The van der Waals surface area contributed by atoms with Gasteiger partial charge < -0.3 is 14.2 Å². The molecule has 0 amide bonds. The van der Waals surface area contributed by atoms with Crippen LogP contribution in [0.15, 0.2) is 66.9 Å². The van der Waals surface area contributed by atoms with E-state index in [9.17, 15) is 17.4 Å². The van der Waals surface area contributed by atoms with Gasteiger partial charge in [0.1, 0.15) is 11.4 Å². The lowest BCUT2D eigenvalue weighted by Crippen LogP contribution is -2.38. The monoisotopic (exact) mass is 547 g/mol. The topological polar surface area (TPSA) is 47.4 Å². The number of benzene rings is 2. The van der Waals surface area contributed by atoms with Crippen molar-refractivity contribution >= 4 is 33.4 Å². The van der Waals surface area contributed by atoms with E-state index in [1.165, 1.54) is 12.1 Å². The van der Waals surface area contributed by atoms with Crippen molar-refractivity contribution < 1.29 is 22.1 Å². The maximum absolute atomic E-state index is 12.5. The lowest BCUT2D eigenvalue weighted by Gasteiger charge is -2.25. The predicted molar refractivity (Wildman–Crippen MR) is 141 cm³/mol. The summed E-state index contributed by atoms with van der Waals surface area (Å²) in [6.45, 7) is 2.68. The first-order valence-corrected chi connectivity index (χ1v) is 13.8. The zero-order valence-electron chi connectivity index (χ0n) is 19.9. The molecule has 1 aliphatic rings. The fourth-order valence-corrected chi connectivity index (χ4v) is 5.88. The maximum Gasteiger partial charge on any atom is 0.573 e. The highest BCUT2D eigenvalue weighted by Crippen LogP contribution is 2.30. The highest BCUT2D eigenvalue weighted by atomic mass is 35.5. The normalized spacial score (nSPS) is 15.4. The van der Waals surface area contributed by atoms with E-state index in [0.29, 0.717) is 16.3 Å². The van der Waals surface area contributed by atoms with Crippen LogP contribution < -0.4 is 4.74 Å². The lowest BCUT2D eigenvalue weighted by molar-refractivity contribution is -0.274. The summed E-state index contributed by atoms with van der Waals surface area (Å²) in [5.74, 6) is 1.20. The summed E-state index contributed by atoms with van der Waals surface area (Å²) in [7, 11) is -0.686. The number of ether oxygens (including phenoxy) is 1. The minimum absolute atomic E-state index is 0.276. The molecule has 1 saturated heterocycles. The summed E-state index contributed by atoms with van der Waals surface area (Å²) in [5, 5.41) is 1.63. The number of nitrogens with zero attached hydrogens (tertiary/aromatic N) is 3. The maximum atomic E-state index is 12.5. The molecule has 0 saturated carbocycles. The van der Waals surface area contributed by atoms with Crippen LogP contribution in [0.1, 0.15) is 12.0 Å². The van der Waals surface area contributed by atoms with Gasteiger partial charge in [-0.05, 0) is 79.5 Å². The average molecular weight is 548 g/mol. The van der Waals surface area contributed by atoms with Crippen LogP contribution in [0.25, 0.3) is 28.0 Å². The van der Waals surface area contributed by atoms with Gasteiger partial charge in [-0.2, -0.15) is 0 Å². The molecule has 0 bridgehead atoms. The Morgan fingerprint density at radius 3 is 2.49 bits per heavy atom. The number of rotatable bonds is 7.